The molecule has 24 heavy (non-hydrogen) atoms. The lowest BCUT2D eigenvalue weighted by atomic mass is 10.0. The molecule has 0 saturated carbocycles. The fourth-order valence-electron chi connectivity index (χ4n) is 2.65. The number of carbonyl (C=O) groups excluding carboxylic acids is 2. The van der Waals surface area contributed by atoms with Gasteiger partial charge < -0.3 is 20.3 Å². The Labute approximate surface area is 146 Å². The van der Waals surface area contributed by atoms with Crippen molar-refractivity contribution in [3.8, 4) is 0 Å². The summed E-state index contributed by atoms with van der Waals surface area (Å²) in [5.74, 6) is 0.181. The van der Waals surface area contributed by atoms with Gasteiger partial charge in [0.2, 0.25) is 11.8 Å². The highest BCUT2D eigenvalue weighted by Crippen LogP contribution is 2.11. The number of unbranched alkanes of at least 4 members (excludes halogenated alkanes) is 1. The highest BCUT2D eigenvalue weighted by atomic mass is 16.5. The maximum Gasteiger partial charge on any atom is 0.246 e. The molecule has 1 heterocycles. The zero-order valence-electron chi connectivity index (χ0n) is 15.8. The molecule has 6 nitrogen and oxygen atoms in total. The largest absolute Gasteiger partial charge is 0.369 e. The molecule has 1 rings (SSSR count). The molecule has 0 bridgehead atoms. The molecule has 1 saturated heterocycles. The fourth-order valence-corrected chi connectivity index (χ4v) is 2.65. The highest BCUT2D eigenvalue weighted by molar-refractivity contribution is 5.78. The molecule has 0 radical (unpaired) electrons. The molecule has 1 aliphatic rings. The van der Waals surface area contributed by atoms with Gasteiger partial charge in [0.15, 0.2) is 0 Å². The van der Waals surface area contributed by atoms with Crippen LogP contribution < -0.4 is 10.6 Å². The van der Waals surface area contributed by atoms with Crippen molar-refractivity contribution in [3.63, 3.8) is 0 Å². The first-order chi connectivity index (χ1) is 11.4. The highest BCUT2D eigenvalue weighted by Gasteiger charge is 2.21. The van der Waals surface area contributed by atoms with Crippen LogP contribution in [0.25, 0.3) is 0 Å². The van der Waals surface area contributed by atoms with Crippen molar-refractivity contribution in [3.05, 3.63) is 0 Å². The summed E-state index contributed by atoms with van der Waals surface area (Å²) in [7, 11) is 0. The number of nitrogens with one attached hydrogen (secondary N) is 2. The fraction of sp³-hybridized carbons (Fsp3) is 0.889. The van der Waals surface area contributed by atoms with Crippen LogP contribution in [0, 0.1) is 5.92 Å². The van der Waals surface area contributed by atoms with E-state index in [1.807, 2.05) is 27.7 Å². The van der Waals surface area contributed by atoms with Crippen LogP contribution in [0.1, 0.15) is 53.4 Å². The van der Waals surface area contributed by atoms with Crippen molar-refractivity contribution in [1.29, 1.82) is 0 Å². The van der Waals surface area contributed by atoms with E-state index in [9.17, 15) is 9.59 Å². The lowest BCUT2D eigenvalue weighted by molar-refractivity contribution is -0.127. The quantitative estimate of drug-likeness (QED) is 0.592. The number of likely N-dealkylation sites (tertiary alicyclic amines) is 1. The summed E-state index contributed by atoms with van der Waals surface area (Å²) >= 11 is 0. The lowest BCUT2D eigenvalue weighted by Crippen LogP contribution is -2.45. The Kier molecular flexibility index (Phi) is 9.95. The van der Waals surface area contributed by atoms with E-state index in [2.05, 4.69) is 15.5 Å². The molecule has 6 heteroatoms. The molecular formula is C18H35N3O3. The molecule has 1 aliphatic heterocycles. The Morgan fingerprint density at radius 1 is 1.12 bits per heavy atom. The van der Waals surface area contributed by atoms with E-state index in [4.69, 9.17) is 4.74 Å². The number of piperidine rings is 1. The van der Waals surface area contributed by atoms with E-state index in [-0.39, 0.29) is 30.4 Å². The molecule has 0 aliphatic carbocycles. The van der Waals surface area contributed by atoms with E-state index >= 15 is 0 Å². The average molecular weight is 341 g/mol. The van der Waals surface area contributed by atoms with Crippen LogP contribution in [-0.4, -0.2) is 61.6 Å². The molecule has 0 aromatic carbocycles. The molecule has 140 valence electrons. The van der Waals surface area contributed by atoms with Crippen molar-refractivity contribution < 1.29 is 14.3 Å². The van der Waals surface area contributed by atoms with Crippen LogP contribution in [0.2, 0.25) is 0 Å². The summed E-state index contributed by atoms with van der Waals surface area (Å²) < 4.78 is 5.26. The number of amides is 2. The van der Waals surface area contributed by atoms with Crippen molar-refractivity contribution in [2.45, 2.75) is 65.5 Å². The van der Waals surface area contributed by atoms with Crippen LogP contribution in [0.3, 0.4) is 0 Å². The van der Waals surface area contributed by atoms with Gasteiger partial charge in [-0.3, -0.25) is 9.59 Å². The number of nitrogens with zero attached hydrogens (tertiary/aromatic N) is 1. The van der Waals surface area contributed by atoms with Gasteiger partial charge in [-0.25, -0.2) is 0 Å². The van der Waals surface area contributed by atoms with E-state index in [0.29, 0.717) is 12.6 Å². The second-order valence-electron chi connectivity index (χ2n) is 7.20. The van der Waals surface area contributed by atoms with Gasteiger partial charge in [-0.05, 0) is 46.1 Å². The van der Waals surface area contributed by atoms with E-state index in [1.54, 1.807) is 0 Å². The topological polar surface area (TPSA) is 70.7 Å². The number of hydrogen-bond acceptors (Lipinski definition) is 4. The summed E-state index contributed by atoms with van der Waals surface area (Å²) in [6.07, 6.45) is 4.21. The summed E-state index contributed by atoms with van der Waals surface area (Å²) in [5.41, 5.74) is 0. The Bertz CT molecular complexity index is 378. The van der Waals surface area contributed by atoms with Crippen LogP contribution in [-0.2, 0) is 14.3 Å². The molecule has 0 spiro atoms. The minimum Gasteiger partial charge on any atom is -0.369 e. The van der Waals surface area contributed by atoms with E-state index in [0.717, 1.165) is 45.3 Å². The maximum absolute atomic E-state index is 11.7. The molecular weight excluding hydrogens is 306 g/mol. The third-order valence-electron chi connectivity index (χ3n) is 4.23. The van der Waals surface area contributed by atoms with Gasteiger partial charge in [-0.1, -0.05) is 13.8 Å². The van der Waals surface area contributed by atoms with Gasteiger partial charge in [-0.2, -0.15) is 0 Å². The summed E-state index contributed by atoms with van der Waals surface area (Å²) in [4.78, 5) is 25.7. The van der Waals surface area contributed by atoms with Crippen LogP contribution >= 0.6 is 0 Å². The second kappa shape index (κ2) is 11.4. The SMILES string of the molecule is CC(C)OCC(=O)NCCCCN1CCC(NC(=O)C(C)C)CC1. The number of ether oxygens (including phenoxy) is 1. The average Bonchev–Trinajstić information content (AvgIpc) is 2.54. The number of hydrogen-bond donors (Lipinski definition) is 2. The second-order valence-corrected chi connectivity index (χ2v) is 7.20. The Balaban J connectivity index is 2.02. The number of carbonyl (C=O) groups is 2. The Hall–Kier alpha value is -1.14. The zero-order valence-corrected chi connectivity index (χ0v) is 15.8. The van der Waals surface area contributed by atoms with Crippen LogP contribution in [0.15, 0.2) is 0 Å². The van der Waals surface area contributed by atoms with Crippen molar-refractivity contribution in [1.82, 2.24) is 15.5 Å². The van der Waals surface area contributed by atoms with Crippen LogP contribution in [0.5, 0.6) is 0 Å². The molecule has 1 fully saturated rings. The molecule has 2 amide bonds. The van der Waals surface area contributed by atoms with Crippen molar-refractivity contribution in [2.75, 3.05) is 32.8 Å². The lowest BCUT2D eigenvalue weighted by Gasteiger charge is -2.32. The smallest absolute Gasteiger partial charge is 0.246 e. The van der Waals surface area contributed by atoms with Gasteiger partial charge >= 0.3 is 0 Å². The Morgan fingerprint density at radius 3 is 2.38 bits per heavy atom. The summed E-state index contributed by atoms with van der Waals surface area (Å²) in [6.45, 7) is 11.7. The third-order valence-corrected chi connectivity index (χ3v) is 4.23. The summed E-state index contributed by atoms with van der Waals surface area (Å²) in [6, 6.07) is 0.330. The first-order valence-corrected chi connectivity index (χ1v) is 9.29. The first kappa shape index (κ1) is 20.9. The van der Waals surface area contributed by atoms with Gasteiger partial charge in [0, 0.05) is 31.6 Å². The Morgan fingerprint density at radius 2 is 1.79 bits per heavy atom. The van der Waals surface area contributed by atoms with E-state index in [1.165, 1.54) is 0 Å². The third kappa shape index (κ3) is 9.23. The van der Waals surface area contributed by atoms with Gasteiger partial charge in [0.05, 0.1) is 6.10 Å². The predicted molar refractivity (Wildman–Crippen MR) is 95.8 cm³/mol. The normalized spacial score (nSPS) is 16.6. The molecule has 0 aromatic rings. The minimum absolute atomic E-state index is 0.0367. The molecule has 0 unspecified atom stereocenters. The molecule has 2 N–H and O–H groups in total. The van der Waals surface area contributed by atoms with Gasteiger partial charge in [0.25, 0.3) is 0 Å². The number of rotatable bonds is 10. The monoisotopic (exact) mass is 341 g/mol. The predicted octanol–water partition coefficient (Wildman–Crippen LogP) is 1.54. The maximum atomic E-state index is 11.7. The van der Waals surface area contributed by atoms with E-state index < -0.39 is 0 Å². The van der Waals surface area contributed by atoms with Gasteiger partial charge in [-0.15, -0.1) is 0 Å². The molecule has 0 aromatic heterocycles. The zero-order chi connectivity index (χ0) is 17.9. The molecule has 0 atom stereocenters. The van der Waals surface area contributed by atoms with Crippen molar-refractivity contribution in [2.24, 2.45) is 5.92 Å². The first-order valence-electron chi connectivity index (χ1n) is 9.29. The van der Waals surface area contributed by atoms with Gasteiger partial charge in [0.1, 0.15) is 6.61 Å². The standard InChI is InChI=1S/C18H35N3O3/c1-14(2)18(23)20-16-7-11-21(12-8-16)10-6-5-9-19-17(22)13-24-15(3)4/h14-16H,5-13H2,1-4H3,(H,19,22)(H,20,23). The minimum atomic E-state index is -0.0367. The summed E-state index contributed by atoms with van der Waals surface area (Å²) in [5, 5.41) is 6.01. The van der Waals surface area contributed by atoms with Crippen molar-refractivity contribution >= 4 is 11.8 Å². The van der Waals surface area contributed by atoms with Crippen LogP contribution in [0.4, 0.5) is 0 Å².